The molecule has 1 aromatic heterocycles. The number of hydrogen-bond donors (Lipinski definition) is 1. The van der Waals surface area contributed by atoms with Gasteiger partial charge in [-0.3, -0.25) is 4.90 Å². The number of aromatic nitrogens is 2. The summed E-state index contributed by atoms with van der Waals surface area (Å²) in [5, 5.41) is 7.70. The van der Waals surface area contributed by atoms with Gasteiger partial charge in [0.1, 0.15) is 0 Å². The molecule has 19 heavy (non-hydrogen) atoms. The lowest BCUT2D eigenvalue weighted by Gasteiger charge is -2.46. The molecule has 1 aliphatic heterocycles. The zero-order valence-electron chi connectivity index (χ0n) is 12.6. The van der Waals surface area contributed by atoms with Crippen molar-refractivity contribution < 1.29 is 4.52 Å². The van der Waals surface area contributed by atoms with Crippen LogP contribution in [0.25, 0.3) is 0 Å². The maximum absolute atomic E-state index is 5.02. The van der Waals surface area contributed by atoms with Crippen LogP contribution < -0.4 is 5.32 Å². The molecular formula is C14H26N4O. The molecule has 5 nitrogen and oxygen atoms in total. The smallest absolute Gasteiger partial charge is 0.223 e. The summed E-state index contributed by atoms with van der Waals surface area (Å²) in [5.74, 6) is 1.47. The van der Waals surface area contributed by atoms with E-state index in [1.165, 1.54) is 12.8 Å². The highest BCUT2D eigenvalue weighted by molar-refractivity contribution is 4.96. The molecule has 0 radical (unpaired) electrons. The number of nitrogens with one attached hydrogen (secondary N) is 1. The van der Waals surface area contributed by atoms with Gasteiger partial charge in [0.05, 0.1) is 0 Å². The maximum atomic E-state index is 5.02. The van der Waals surface area contributed by atoms with Crippen molar-refractivity contribution in [3.05, 3.63) is 11.7 Å². The minimum Gasteiger partial charge on any atom is -0.340 e. The zero-order valence-corrected chi connectivity index (χ0v) is 12.6. The Morgan fingerprint density at radius 1 is 1.42 bits per heavy atom. The number of hydrogen-bond acceptors (Lipinski definition) is 5. The second kappa shape index (κ2) is 6.01. The fraction of sp³-hybridized carbons (Fsp3) is 0.857. The van der Waals surface area contributed by atoms with E-state index in [9.17, 15) is 0 Å². The molecule has 0 amide bonds. The van der Waals surface area contributed by atoms with Gasteiger partial charge < -0.3 is 9.84 Å². The van der Waals surface area contributed by atoms with Crippen LogP contribution in [0, 0.1) is 6.92 Å². The summed E-state index contributed by atoms with van der Waals surface area (Å²) < 4.78 is 5.02. The topological polar surface area (TPSA) is 54.2 Å². The first-order chi connectivity index (χ1) is 9.08. The van der Waals surface area contributed by atoms with Gasteiger partial charge in [-0.2, -0.15) is 4.98 Å². The molecule has 1 aromatic rings. The molecule has 1 fully saturated rings. The molecule has 0 aliphatic carbocycles. The molecule has 0 bridgehead atoms. The summed E-state index contributed by atoms with van der Waals surface area (Å²) in [5.41, 5.74) is 0.277. The van der Waals surface area contributed by atoms with E-state index in [0.29, 0.717) is 11.9 Å². The van der Waals surface area contributed by atoms with E-state index in [1.807, 2.05) is 6.92 Å². The van der Waals surface area contributed by atoms with Gasteiger partial charge in [0.15, 0.2) is 5.82 Å². The Balaban J connectivity index is 1.94. The third-order valence-electron chi connectivity index (χ3n) is 4.45. The van der Waals surface area contributed by atoms with Gasteiger partial charge in [-0.15, -0.1) is 0 Å². The zero-order chi connectivity index (χ0) is 13.9. The minimum absolute atomic E-state index is 0.277. The molecule has 0 spiro atoms. The monoisotopic (exact) mass is 266 g/mol. The fourth-order valence-electron chi connectivity index (χ4n) is 2.80. The Morgan fingerprint density at radius 2 is 2.16 bits per heavy atom. The Kier molecular flexibility index (Phi) is 4.58. The third kappa shape index (κ3) is 3.34. The van der Waals surface area contributed by atoms with Crippen molar-refractivity contribution in [2.75, 3.05) is 19.6 Å². The van der Waals surface area contributed by atoms with Crippen LogP contribution in [-0.4, -0.2) is 46.3 Å². The van der Waals surface area contributed by atoms with Crippen molar-refractivity contribution in [3.63, 3.8) is 0 Å². The molecule has 1 saturated heterocycles. The van der Waals surface area contributed by atoms with E-state index in [1.54, 1.807) is 0 Å². The molecule has 1 unspecified atom stereocenters. The minimum atomic E-state index is 0.277. The second-order valence-corrected chi connectivity index (χ2v) is 5.67. The van der Waals surface area contributed by atoms with Crippen LogP contribution >= 0.6 is 0 Å². The van der Waals surface area contributed by atoms with Crippen molar-refractivity contribution >= 4 is 0 Å². The molecule has 2 rings (SSSR count). The van der Waals surface area contributed by atoms with Crippen molar-refractivity contribution in [2.45, 2.75) is 58.5 Å². The summed E-state index contributed by atoms with van der Waals surface area (Å²) in [6.07, 6.45) is 3.22. The van der Waals surface area contributed by atoms with E-state index in [-0.39, 0.29) is 5.54 Å². The summed E-state index contributed by atoms with van der Waals surface area (Å²) in [6, 6.07) is 0.569. The van der Waals surface area contributed by atoms with Crippen LogP contribution in [0.15, 0.2) is 4.52 Å². The molecule has 1 atom stereocenters. The largest absolute Gasteiger partial charge is 0.340 e. The lowest BCUT2D eigenvalue weighted by molar-refractivity contribution is 0.0813. The van der Waals surface area contributed by atoms with Crippen LogP contribution in [0.5, 0.6) is 0 Å². The molecule has 5 heteroatoms. The summed E-state index contributed by atoms with van der Waals surface area (Å²) in [4.78, 5) is 6.83. The van der Waals surface area contributed by atoms with Crippen LogP contribution in [0.1, 0.15) is 45.3 Å². The normalized spacial score (nSPS) is 23.7. The predicted molar refractivity (Wildman–Crippen MR) is 75.1 cm³/mol. The second-order valence-electron chi connectivity index (χ2n) is 5.67. The van der Waals surface area contributed by atoms with Gasteiger partial charge in [0.25, 0.3) is 0 Å². The molecule has 1 N–H and O–H groups in total. The first kappa shape index (κ1) is 14.5. The van der Waals surface area contributed by atoms with E-state index < -0.39 is 0 Å². The highest BCUT2D eigenvalue weighted by Crippen LogP contribution is 2.22. The Labute approximate surface area is 115 Å². The van der Waals surface area contributed by atoms with Gasteiger partial charge >= 0.3 is 0 Å². The molecule has 2 heterocycles. The van der Waals surface area contributed by atoms with Gasteiger partial charge in [0.2, 0.25) is 5.89 Å². The Morgan fingerprint density at radius 3 is 2.74 bits per heavy atom. The van der Waals surface area contributed by atoms with Gasteiger partial charge in [0, 0.05) is 44.6 Å². The van der Waals surface area contributed by atoms with Crippen LogP contribution in [0.4, 0.5) is 0 Å². The molecule has 1 aliphatic rings. The van der Waals surface area contributed by atoms with Crippen LogP contribution in [0.3, 0.4) is 0 Å². The van der Waals surface area contributed by atoms with Crippen molar-refractivity contribution in [1.29, 1.82) is 0 Å². The number of rotatable bonds is 5. The average Bonchev–Trinajstić information content (AvgIpc) is 2.84. The van der Waals surface area contributed by atoms with Crippen LogP contribution in [-0.2, 0) is 6.42 Å². The lowest BCUT2D eigenvalue weighted by Crippen LogP contribution is -2.63. The van der Waals surface area contributed by atoms with E-state index in [2.05, 4.69) is 41.1 Å². The first-order valence-corrected chi connectivity index (χ1v) is 7.37. The van der Waals surface area contributed by atoms with Crippen molar-refractivity contribution in [2.24, 2.45) is 0 Å². The van der Waals surface area contributed by atoms with Gasteiger partial charge in [-0.25, -0.2) is 0 Å². The van der Waals surface area contributed by atoms with Crippen LogP contribution in [0.2, 0.25) is 0 Å². The average molecular weight is 266 g/mol. The third-order valence-corrected chi connectivity index (χ3v) is 4.45. The quantitative estimate of drug-likeness (QED) is 0.880. The first-order valence-electron chi connectivity index (χ1n) is 7.37. The molecule has 108 valence electrons. The summed E-state index contributed by atoms with van der Waals surface area (Å²) in [6.45, 7) is 11.8. The number of aryl methyl sites for hydroxylation is 1. The Hall–Kier alpha value is -0.940. The highest BCUT2D eigenvalue weighted by atomic mass is 16.5. The van der Waals surface area contributed by atoms with Crippen molar-refractivity contribution in [1.82, 2.24) is 20.4 Å². The molecule has 0 aromatic carbocycles. The van der Waals surface area contributed by atoms with E-state index in [4.69, 9.17) is 4.52 Å². The molecular weight excluding hydrogens is 240 g/mol. The summed E-state index contributed by atoms with van der Waals surface area (Å²) in [7, 11) is 0. The maximum Gasteiger partial charge on any atom is 0.223 e. The number of piperazine rings is 1. The number of nitrogens with zero attached hydrogens (tertiary/aromatic N) is 3. The lowest BCUT2D eigenvalue weighted by atomic mass is 9.88. The predicted octanol–water partition coefficient (Wildman–Crippen LogP) is 1.77. The van der Waals surface area contributed by atoms with E-state index in [0.717, 1.165) is 31.9 Å². The van der Waals surface area contributed by atoms with E-state index >= 15 is 0 Å². The Bertz CT molecular complexity index is 400. The highest BCUT2D eigenvalue weighted by Gasteiger charge is 2.34. The van der Waals surface area contributed by atoms with Gasteiger partial charge in [-0.05, 0) is 19.8 Å². The fourth-order valence-corrected chi connectivity index (χ4v) is 2.80. The SMILES string of the molecule is CCC1(CC)CN(CCc2noc(C)n2)C(C)CN1. The molecule has 0 saturated carbocycles. The van der Waals surface area contributed by atoms with Gasteiger partial charge in [-0.1, -0.05) is 19.0 Å². The summed E-state index contributed by atoms with van der Waals surface area (Å²) >= 11 is 0. The standard InChI is InChI=1S/C14H26N4O/c1-5-14(6-2)10-18(11(3)9-15-14)8-7-13-16-12(4)19-17-13/h11,15H,5-10H2,1-4H3. The van der Waals surface area contributed by atoms with Crippen molar-refractivity contribution in [3.8, 4) is 0 Å².